The molecule has 2 aliphatic rings. The zero-order valence-electron chi connectivity index (χ0n) is 16.8. The van der Waals surface area contributed by atoms with Gasteiger partial charge in [-0.15, -0.1) is 0 Å². The highest BCUT2D eigenvalue weighted by Crippen LogP contribution is 2.37. The third kappa shape index (κ3) is 3.92. The van der Waals surface area contributed by atoms with Crippen molar-refractivity contribution >= 4 is 11.9 Å². The molecule has 0 unspecified atom stereocenters. The topological polar surface area (TPSA) is 73.3 Å². The number of hydrogen-bond donors (Lipinski definition) is 1. The number of carbonyl (C=O) groups excluding carboxylic acids is 2. The number of hydrogen-bond acceptors (Lipinski definition) is 5. The third-order valence-corrected chi connectivity index (χ3v) is 6.12. The van der Waals surface area contributed by atoms with E-state index in [-0.39, 0.29) is 24.6 Å². The second-order valence-electron chi connectivity index (χ2n) is 7.72. The van der Waals surface area contributed by atoms with E-state index in [9.17, 15) is 14.7 Å². The normalized spacial score (nSPS) is 21.0. The summed E-state index contributed by atoms with van der Waals surface area (Å²) in [5.41, 5.74) is 0.330. The Kier molecular flexibility index (Phi) is 6.69. The van der Waals surface area contributed by atoms with Crippen LogP contribution in [0.2, 0.25) is 0 Å². The van der Waals surface area contributed by atoms with Crippen molar-refractivity contribution in [1.29, 1.82) is 0 Å². The van der Waals surface area contributed by atoms with Crippen LogP contribution in [0.25, 0.3) is 0 Å². The Hall–Kier alpha value is -1.96. The van der Waals surface area contributed by atoms with Gasteiger partial charge in [0, 0.05) is 39.3 Å². The Morgan fingerprint density at radius 2 is 1.82 bits per heavy atom. The van der Waals surface area contributed by atoms with Gasteiger partial charge in [-0.3, -0.25) is 14.6 Å². The van der Waals surface area contributed by atoms with Crippen LogP contribution in [0.4, 0.5) is 4.79 Å². The predicted molar refractivity (Wildman–Crippen MR) is 106 cm³/mol. The van der Waals surface area contributed by atoms with E-state index in [1.54, 1.807) is 12.0 Å². The highest BCUT2D eigenvalue weighted by atomic mass is 16.5. The number of ether oxygens (including phenoxy) is 1. The number of carbonyl (C=O) groups is 2. The summed E-state index contributed by atoms with van der Waals surface area (Å²) < 4.78 is 5.20. The lowest BCUT2D eigenvalue weighted by Gasteiger charge is -2.43. The van der Waals surface area contributed by atoms with E-state index in [0.717, 1.165) is 5.56 Å². The summed E-state index contributed by atoms with van der Waals surface area (Å²) in [5.74, 6) is -0.0826. The summed E-state index contributed by atoms with van der Waals surface area (Å²) in [6, 6.07) is 9.77. The van der Waals surface area contributed by atoms with Crippen LogP contribution in [0.15, 0.2) is 30.3 Å². The molecule has 0 saturated carbocycles. The summed E-state index contributed by atoms with van der Waals surface area (Å²) in [5, 5.41) is 9.43. The number of aliphatic hydroxyl groups excluding tert-OH is 1. The third-order valence-electron chi connectivity index (χ3n) is 6.12. The van der Waals surface area contributed by atoms with Crippen molar-refractivity contribution in [2.75, 3.05) is 46.5 Å². The molecule has 0 aromatic heterocycles. The first kappa shape index (κ1) is 20.8. The minimum absolute atomic E-state index is 0.0613. The molecule has 2 saturated heterocycles. The first-order chi connectivity index (χ1) is 13.5. The molecule has 7 heteroatoms. The van der Waals surface area contributed by atoms with Gasteiger partial charge in [-0.2, -0.15) is 0 Å². The number of piperidine rings is 1. The monoisotopic (exact) mass is 389 g/mol. The molecule has 1 spiro atoms. The zero-order valence-corrected chi connectivity index (χ0v) is 16.8. The van der Waals surface area contributed by atoms with E-state index < -0.39 is 5.54 Å². The van der Waals surface area contributed by atoms with Crippen molar-refractivity contribution in [2.45, 2.75) is 37.8 Å². The molecule has 2 aliphatic heterocycles. The van der Waals surface area contributed by atoms with Crippen LogP contribution in [0.3, 0.4) is 0 Å². The highest BCUT2D eigenvalue weighted by Gasteiger charge is 2.57. The van der Waals surface area contributed by atoms with E-state index in [1.807, 2.05) is 37.3 Å². The van der Waals surface area contributed by atoms with Crippen molar-refractivity contribution in [3.63, 3.8) is 0 Å². The van der Waals surface area contributed by atoms with Gasteiger partial charge in [0.15, 0.2) is 0 Å². The van der Waals surface area contributed by atoms with Crippen LogP contribution in [0.5, 0.6) is 0 Å². The Bertz CT molecular complexity index is 673. The van der Waals surface area contributed by atoms with E-state index >= 15 is 0 Å². The fraction of sp³-hybridized carbons (Fsp3) is 0.619. The van der Waals surface area contributed by atoms with Gasteiger partial charge in [0.25, 0.3) is 5.91 Å². The number of nitrogens with zero attached hydrogens (tertiary/aromatic N) is 3. The maximum Gasteiger partial charge on any atom is 0.327 e. The quantitative estimate of drug-likeness (QED) is 0.680. The number of urea groups is 1. The van der Waals surface area contributed by atoms with Crippen LogP contribution in [0, 0.1) is 0 Å². The molecule has 7 nitrogen and oxygen atoms in total. The number of imide groups is 1. The predicted octanol–water partition coefficient (Wildman–Crippen LogP) is 1.36. The summed E-state index contributed by atoms with van der Waals surface area (Å²) in [6.07, 6.45) is 1.83. The van der Waals surface area contributed by atoms with Gasteiger partial charge in [0.05, 0.1) is 13.2 Å². The molecule has 0 radical (unpaired) electrons. The smallest absolute Gasteiger partial charge is 0.327 e. The molecule has 3 amide bonds. The maximum atomic E-state index is 13.4. The van der Waals surface area contributed by atoms with Gasteiger partial charge < -0.3 is 14.7 Å². The first-order valence-electron chi connectivity index (χ1n) is 10.0. The molecule has 1 N–H and O–H groups in total. The van der Waals surface area contributed by atoms with Gasteiger partial charge in [-0.05, 0) is 31.7 Å². The molecule has 154 valence electrons. The lowest BCUT2D eigenvalue weighted by Crippen LogP contribution is -2.58. The van der Waals surface area contributed by atoms with Crippen molar-refractivity contribution in [1.82, 2.24) is 14.7 Å². The minimum Gasteiger partial charge on any atom is -0.395 e. The molecular formula is C21H31N3O4. The van der Waals surface area contributed by atoms with Gasteiger partial charge in [-0.25, -0.2) is 4.79 Å². The summed E-state index contributed by atoms with van der Waals surface area (Å²) in [4.78, 5) is 31.8. The first-order valence-corrected chi connectivity index (χ1v) is 10.0. The fourth-order valence-electron chi connectivity index (χ4n) is 4.29. The summed E-state index contributed by atoms with van der Waals surface area (Å²) in [7, 11) is 1.60. The molecular weight excluding hydrogens is 358 g/mol. The summed E-state index contributed by atoms with van der Waals surface area (Å²) in [6.45, 7) is 4.67. The average Bonchev–Trinajstić information content (AvgIpc) is 2.92. The van der Waals surface area contributed by atoms with Crippen LogP contribution in [0.1, 0.15) is 25.3 Å². The van der Waals surface area contributed by atoms with Crippen LogP contribution >= 0.6 is 0 Å². The standard InChI is InChI=1S/C21H31N3O4/c1-17(16-25)22-12-9-21(10-13-22)19(26)23(20(27)24(21)14-15-28-2)11-8-18-6-4-3-5-7-18/h3-7,17,25H,8-16H2,1-2H3/t17-/m0/s1. The van der Waals surface area contributed by atoms with Gasteiger partial charge in [-0.1, -0.05) is 30.3 Å². The Morgan fingerprint density at radius 3 is 2.43 bits per heavy atom. The number of likely N-dealkylation sites (tertiary alicyclic amines) is 1. The SMILES string of the molecule is COCCN1C(=O)N(CCc2ccccc2)C(=O)C12CCN([C@@H](C)CO)CC2. The Labute approximate surface area is 166 Å². The minimum atomic E-state index is -0.780. The van der Waals surface area contributed by atoms with E-state index in [2.05, 4.69) is 4.90 Å². The molecule has 2 fully saturated rings. The number of amides is 3. The number of rotatable bonds is 8. The lowest BCUT2D eigenvalue weighted by molar-refractivity contribution is -0.136. The Balaban J connectivity index is 1.76. The van der Waals surface area contributed by atoms with E-state index in [1.165, 1.54) is 4.90 Å². The van der Waals surface area contributed by atoms with Crippen molar-refractivity contribution in [2.24, 2.45) is 0 Å². The fourth-order valence-corrected chi connectivity index (χ4v) is 4.29. The van der Waals surface area contributed by atoms with Crippen molar-refractivity contribution in [3.8, 4) is 0 Å². The number of benzene rings is 1. The number of methoxy groups -OCH3 is 1. The van der Waals surface area contributed by atoms with Crippen LogP contribution in [-0.4, -0.2) is 89.8 Å². The molecule has 1 aromatic carbocycles. The Morgan fingerprint density at radius 1 is 1.14 bits per heavy atom. The second-order valence-corrected chi connectivity index (χ2v) is 7.72. The maximum absolute atomic E-state index is 13.4. The van der Waals surface area contributed by atoms with Gasteiger partial charge in [0.1, 0.15) is 5.54 Å². The van der Waals surface area contributed by atoms with Crippen molar-refractivity contribution < 1.29 is 19.4 Å². The molecule has 28 heavy (non-hydrogen) atoms. The highest BCUT2D eigenvalue weighted by molar-refractivity contribution is 6.07. The zero-order chi connectivity index (χ0) is 20.1. The van der Waals surface area contributed by atoms with Crippen LogP contribution < -0.4 is 0 Å². The number of aliphatic hydroxyl groups is 1. The molecule has 1 atom stereocenters. The lowest BCUT2D eigenvalue weighted by atomic mass is 9.85. The second kappa shape index (κ2) is 9.03. The van der Waals surface area contributed by atoms with E-state index in [0.29, 0.717) is 52.0 Å². The molecule has 3 rings (SSSR count). The molecule has 0 bridgehead atoms. The molecule has 0 aliphatic carbocycles. The van der Waals surface area contributed by atoms with Gasteiger partial charge in [0.2, 0.25) is 0 Å². The molecule has 1 aromatic rings. The van der Waals surface area contributed by atoms with Crippen molar-refractivity contribution in [3.05, 3.63) is 35.9 Å². The average molecular weight is 389 g/mol. The molecule has 2 heterocycles. The summed E-state index contributed by atoms with van der Waals surface area (Å²) >= 11 is 0. The van der Waals surface area contributed by atoms with E-state index in [4.69, 9.17) is 4.74 Å². The van der Waals surface area contributed by atoms with Crippen LogP contribution in [-0.2, 0) is 16.0 Å². The van der Waals surface area contributed by atoms with Gasteiger partial charge >= 0.3 is 6.03 Å². The largest absolute Gasteiger partial charge is 0.395 e.